The van der Waals surface area contributed by atoms with Crippen LogP contribution in [0.4, 0.5) is 5.69 Å². The zero-order valence-corrected chi connectivity index (χ0v) is 11.7. The largest absolute Gasteiger partial charge is 0.393 e. The van der Waals surface area contributed by atoms with Gasteiger partial charge in [-0.3, -0.25) is 4.79 Å². The summed E-state index contributed by atoms with van der Waals surface area (Å²) in [6.07, 6.45) is 0.412. The molecule has 100 valence electrons. The van der Waals surface area contributed by atoms with Crippen molar-refractivity contribution in [2.24, 2.45) is 0 Å². The van der Waals surface area contributed by atoms with Crippen LogP contribution in [0.1, 0.15) is 50.7 Å². The van der Waals surface area contributed by atoms with Gasteiger partial charge in [0, 0.05) is 12.1 Å². The summed E-state index contributed by atoms with van der Waals surface area (Å²) in [6, 6.07) is 6.05. The summed E-state index contributed by atoms with van der Waals surface area (Å²) in [5, 5.41) is 12.2. The molecule has 3 nitrogen and oxygen atoms in total. The molecule has 1 amide bonds. The molecular weight excluding hydrogens is 226 g/mol. The molecular formula is C15H23NO2. The van der Waals surface area contributed by atoms with Crippen molar-refractivity contribution in [2.45, 2.75) is 52.6 Å². The normalized spacial score (nSPS) is 12.6. The Labute approximate surface area is 109 Å². The van der Waals surface area contributed by atoms with Crippen molar-refractivity contribution in [3.8, 4) is 0 Å². The zero-order valence-electron chi connectivity index (χ0n) is 11.7. The van der Waals surface area contributed by atoms with E-state index in [2.05, 4.69) is 19.2 Å². The highest BCUT2D eigenvalue weighted by Gasteiger charge is 2.12. The monoisotopic (exact) mass is 249 g/mol. The van der Waals surface area contributed by atoms with Crippen LogP contribution in [0.25, 0.3) is 0 Å². The molecule has 2 N–H and O–H groups in total. The first-order valence-electron chi connectivity index (χ1n) is 6.49. The predicted molar refractivity (Wildman–Crippen MR) is 74.8 cm³/mol. The number of rotatable bonds is 5. The maximum absolute atomic E-state index is 11.8. The highest BCUT2D eigenvalue weighted by Crippen LogP contribution is 2.27. The molecule has 0 heterocycles. The van der Waals surface area contributed by atoms with E-state index in [0.717, 1.165) is 16.8 Å². The molecule has 0 aliphatic heterocycles. The van der Waals surface area contributed by atoms with E-state index in [4.69, 9.17) is 0 Å². The van der Waals surface area contributed by atoms with Gasteiger partial charge in [-0.15, -0.1) is 0 Å². The van der Waals surface area contributed by atoms with Crippen LogP contribution in [0.2, 0.25) is 0 Å². The van der Waals surface area contributed by atoms with Crippen molar-refractivity contribution in [1.29, 1.82) is 0 Å². The van der Waals surface area contributed by atoms with Gasteiger partial charge in [0.25, 0.3) is 0 Å². The Morgan fingerprint density at radius 1 is 1.33 bits per heavy atom. The highest BCUT2D eigenvalue weighted by atomic mass is 16.3. The van der Waals surface area contributed by atoms with E-state index in [9.17, 15) is 9.90 Å². The van der Waals surface area contributed by atoms with Gasteiger partial charge in [0.2, 0.25) is 5.91 Å². The first kappa shape index (κ1) is 14.7. The van der Waals surface area contributed by atoms with Gasteiger partial charge in [-0.05, 0) is 37.3 Å². The quantitative estimate of drug-likeness (QED) is 0.841. The fourth-order valence-electron chi connectivity index (χ4n) is 1.88. The van der Waals surface area contributed by atoms with Gasteiger partial charge in [-0.2, -0.15) is 0 Å². The Morgan fingerprint density at radius 3 is 2.56 bits per heavy atom. The van der Waals surface area contributed by atoms with Crippen LogP contribution >= 0.6 is 0 Å². The summed E-state index contributed by atoms with van der Waals surface area (Å²) in [5.74, 6) is 0.337. The number of carbonyl (C=O) groups excluding carboxylic acids is 1. The molecule has 1 aromatic rings. The van der Waals surface area contributed by atoms with Gasteiger partial charge in [0.1, 0.15) is 0 Å². The summed E-state index contributed by atoms with van der Waals surface area (Å²) in [5.41, 5.74) is 3.15. The van der Waals surface area contributed by atoms with E-state index in [-0.39, 0.29) is 5.91 Å². The van der Waals surface area contributed by atoms with Crippen molar-refractivity contribution < 1.29 is 9.90 Å². The van der Waals surface area contributed by atoms with E-state index >= 15 is 0 Å². The number of aliphatic hydroxyl groups is 1. The molecule has 1 atom stereocenters. The molecule has 0 aliphatic carbocycles. The lowest BCUT2D eigenvalue weighted by atomic mass is 9.98. The lowest BCUT2D eigenvalue weighted by Crippen LogP contribution is -2.16. The number of aliphatic hydroxyl groups excluding tert-OH is 1. The smallest absolute Gasteiger partial charge is 0.224 e. The van der Waals surface area contributed by atoms with Gasteiger partial charge in [-0.25, -0.2) is 0 Å². The zero-order chi connectivity index (χ0) is 13.7. The molecule has 0 aliphatic rings. The average Bonchev–Trinajstić information content (AvgIpc) is 2.28. The number of hydrogen-bond acceptors (Lipinski definition) is 2. The fraction of sp³-hybridized carbons (Fsp3) is 0.533. The minimum absolute atomic E-state index is 0.0351. The van der Waals surface area contributed by atoms with E-state index in [1.807, 2.05) is 25.1 Å². The maximum atomic E-state index is 11.8. The summed E-state index contributed by atoms with van der Waals surface area (Å²) in [6.45, 7) is 7.91. The highest BCUT2D eigenvalue weighted by molar-refractivity contribution is 5.92. The van der Waals surface area contributed by atoms with E-state index in [0.29, 0.717) is 18.8 Å². The van der Waals surface area contributed by atoms with E-state index < -0.39 is 6.10 Å². The van der Waals surface area contributed by atoms with Crippen molar-refractivity contribution >= 4 is 11.6 Å². The lowest BCUT2D eigenvalue weighted by molar-refractivity contribution is -0.116. The number of aryl methyl sites for hydroxylation is 1. The van der Waals surface area contributed by atoms with Crippen molar-refractivity contribution in [3.63, 3.8) is 0 Å². The van der Waals surface area contributed by atoms with E-state index in [1.165, 1.54) is 0 Å². The summed E-state index contributed by atoms with van der Waals surface area (Å²) in [4.78, 5) is 11.8. The number of para-hydroxylation sites is 1. The molecule has 0 saturated heterocycles. The molecule has 0 saturated carbocycles. The molecule has 0 bridgehead atoms. The van der Waals surface area contributed by atoms with Crippen LogP contribution in [0.5, 0.6) is 0 Å². The second-order valence-electron chi connectivity index (χ2n) is 5.13. The first-order valence-corrected chi connectivity index (χ1v) is 6.49. The third-order valence-corrected chi connectivity index (χ3v) is 2.98. The molecule has 18 heavy (non-hydrogen) atoms. The standard InChI is InChI=1S/C15H23NO2/c1-10(2)13-7-5-6-11(3)15(13)16-14(18)9-8-12(4)17/h5-7,10,12,17H,8-9H2,1-4H3,(H,16,18). The van der Waals surface area contributed by atoms with Crippen LogP contribution in [-0.2, 0) is 4.79 Å². The van der Waals surface area contributed by atoms with Crippen molar-refractivity contribution in [3.05, 3.63) is 29.3 Å². The number of carbonyl (C=O) groups is 1. The lowest BCUT2D eigenvalue weighted by Gasteiger charge is -2.16. The maximum Gasteiger partial charge on any atom is 0.224 e. The van der Waals surface area contributed by atoms with Crippen LogP contribution in [0.15, 0.2) is 18.2 Å². The Balaban J connectivity index is 2.80. The summed E-state index contributed by atoms with van der Waals surface area (Å²) in [7, 11) is 0. The predicted octanol–water partition coefficient (Wildman–Crippen LogP) is 3.22. The topological polar surface area (TPSA) is 49.3 Å². The summed E-state index contributed by atoms with van der Waals surface area (Å²) >= 11 is 0. The van der Waals surface area contributed by atoms with Gasteiger partial charge in [-0.1, -0.05) is 32.0 Å². The number of hydrogen-bond donors (Lipinski definition) is 2. The second-order valence-corrected chi connectivity index (χ2v) is 5.13. The Hall–Kier alpha value is -1.35. The summed E-state index contributed by atoms with van der Waals surface area (Å²) < 4.78 is 0. The molecule has 0 radical (unpaired) electrons. The molecule has 0 fully saturated rings. The van der Waals surface area contributed by atoms with Crippen molar-refractivity contribution in [1.82, 2.24) is 0 Å². The second kappa shape index (κ2) is 6.55. The minimum atomic E-state index is -0.433. The third-order valence-electron chi connectivity index (χ3n) is 2.98. The number of nitrogens with one attached hydrogen (secondary N) is 1. The molecule has 0 aromatic heterocycles. The average molecular weight is 249 g/mol. The number of benzene rings is 1. The number of anilines is 1. The van der Waals surface area contributed by atoms with Gasteiger partial charge in [0.15, 0.2) is 0 Å². The van der Waals surface area contributed by atoms with Gasteiger partial charge < -0.3 is 10.4 Å². The Morgan fingerprint density at radius 2 is 2.00 bits per heavy atom. The molecule has 0 spiro atoms. The fourth-order valence-corrected chi connectivity index (χ4v) is 1.88. The van der Waals surface area contributed by atoms with Crippen LogP contribution < -0.4 is 5.32 Å². The molecule has 1 aromatic carbocycles. The van der Waals surface area contributed by atoms with Crippen molar-refractivity contribution in [2.75, 3.05) is 5.32 Å². The van der Waals surface area contributed by atoms with Crippen LogP contribution in [0, 0.1) is 6.92 Å². The molecule has 1 rings (SSSR count). The van der Waals surface area contributed by atoms with E-state index in [1.54, 1.807) is 6.92 Å². The number of amides is 1. The van der Waals surface area contributed by atoms with Gasteiger partial charge in [0.05, 0.1) is 6.10 Å². The van der Waals surface area contributed by atoms with Crippen LogP contribution in [0.3, 0.4) is 0 Å². The Kier molecular flexibility index (Phi) is 5.35. The molecule has 3 heteroatoms. The van der Waals surface area contributed by atoms with Gasteiger partial charge >= 0.3 is 0 Å². The Bertz CT molecular complexity index is 411. The SMILES string of the molecule is Cc1cccc(C(C)C)c1NC(=O)CCC(C)O. The first-order chi connectivity index (χ1) is 8.41. The van der Waals surface area contributed by atoms with Crippen LogP contribution in [-0.4, -0.2) is 17.1 Å². The third kappa shape index (κ3) is 4.15. The molecule has 1 unspecified atom stereocenters. The minimum Gasteiger partial charge on any atom is -0.393 e.